The molecule has 0 saturated carbocycles. The summed E-state index contributed by atoms with van der Waals surface area (Å²) in [5.41, 5.74) is 9.38. The molecule has 3 aromatic rings. The van der Waals surface area contributed by atoms with Crippen molar-refractivity contribution in [2.75, 3.05) is 26.1 Å². The SMILES string of the molecule is COc1ccc(-c2cc(OC3CCOCC3)c3nc(N)nc(C)c3c2)cn1. The maximum atomic E-state index is 6.31. The van der Waals surface area contributed by atoms with Gasteiger partial charge in [0.15, 0.2) is 0 Å². The maximum Gasteiger partial charge on any atom is 0.220 e. The van der Waals surface area contributed by atoms with Crippen molar-refractivity contribution in [1.29, 1.82) is 0 Å². The molecule has 1 saturated heterocycles. The Kier molecular flexibility index (Phi) is 4.77. The van der Waals surface area contributed by atoms with Crippen molar-refractivity contribution in [3.8, 4) is 22.8 Å². The van der Waals surface area contributed by atoms with Gasteiger partial charge in [-0.15, -0.1) is 0 Å². The molecule has 0 spiro atoms. The number of pyridine rings is 1. The maximum absolute atomic E-state index is 6.31. The summed E-state index contributed by atoms with van der Waals surface area (Å²) in [6, 6.07) is 7.85. The van der Waals surface area contributed by atoms with Crippen LogP contribution in [0.3, 0.4) is 0 Å². The van der Waals surface area contributed by atoms with Crippen molar-refractivity contribution >= 4 is 16.9 Å². The van der Waals surface area contributed by atoms with E-state index in [9.17, 15) is 0 Å². The van der Waals surface area contributed by atoms with Crippen molar-refractivity contribution in [3.63, 3.8) is 0 Å². The van der Waals surface area contributed by atoms with E-state index >= 15 is 0 Å². The van der Waals surface area contributed by atoms with Crippen LogP contribution in [0.25, 0.3) is 22.0 Å². The fourth-order valence-corrected chi connectivity index (χ4v) is 3.27. The van der Waals surface area contributed by atoms with Gasteiger partial charge in [0.1, 0.15) is 17.4 Å². The second-order valence-electron chi connectivity index (χ2n) is 6.56. The van der Waals surface area contributed by atoms with Gasteiger partial charge in [0.05, 0.1) is 26.0 Å². The van der Waals surface area contributed by atoms with Gasteiger partial charge in [0, 0.05) is 36.1 Å². The Morgan fingerprint density at radius 3 is 2.63 bits per heavy atom. The van der Waals surface area contributed by atoms with E-state index in [0.29, 0.717) is 24.8 Å². The lowest BCUT2D eigenvalue weighted by Gasteiger charge is -2.24. The van der Waals surface area contributed by atoms with Crippen molar-refractivity contribution < 1.29 is 14.2 Å². The third kappa shape index (κ3) is 3.64. The van der Waals surface area contributed by atoms with Gasteiger partial charge in [0.25, 0.3) is 0 Å². The minimum absolute atomic E-state index is 0.0997. The van der Waals surface area contributed by atoms with E-state index in [1.165, 1.54) is 0 Å². The molecular formula is C20H22N4O3. The predicted molar refractivity (Wildman–Crippen MR) is 103 cm³/mol. The van der Waals surface area contributed by atoms with Crippen LogP contribution in [-0.4, -0.2) is 41.4 Å². The van der Waals surface area contributed by atoms with Crippen molar-refractivity contribution in [2.45, 2.75) is 25.9 Å². The smallest absolute Gasteiger partial charge is 0.220 e. The largest absolute Gasteiger partial charge is 0.488 e. The molecule has 1 aromatic carbocycles. The Balaban J connectivity index is 1.82. The molecule has 0 atom stereocenters. The van der Waals surface area contributed by atoms with Crippen LogP contribution >= 0.6 is 0 Å². The average Bonchev–Trinajstić information content (AvgIpc) is 2.69. The molecule has 1 aliphatic heterocycles. The highest BCUT2D eigenvalue weighted by Gasteiger charge is 2.19. The van der Waals surface area contributed by atoms with Gasteiger partial charge in [0.2, 0.25) is 11.8 Å². The molecule has 7 heteroatoms. The average molecular weight is 366 g/mol. The number of hydrogen-bond acceptors (Lipinski definition) is 7. The molecule has 140 valence electrons. The van der Waals surface area contributed by atoms with Crippen LogP contribution in [0.1, 0.15) is 18.5 Å². The number of benzene rings is 1. The Labute approximate surface area is 157 Å². The summed E-state index contributed by atoms with van der Waals surface area (Å²) in [6.45, 7) is 3.34. The molecule has 2 aromatic heterocycles. The topological polar surface area (TPSA) is 92.4 Å². The molecule has 0 unspecified atom stereocenters. The molecule has 0 amide bonds. The van der Waals surface area contributed by atoms with Crippen molar-refractivity contribution in [3.05, 3.63) is 36.2 Å². The molecular weight excluding hydrogens is 344 g/mol. The summed E-state index contributed by atoms with van der Waals surface area (Å²) in [7, 11) is 1.60. The van der Waals surface area contributed by atoms with E-state index in [1.807, 2.05) is 31.2 Å². The number of rotatable bonds is 4. The third-order valence-corrected chi connectivity index (χ3v) is 4.71. The highest BCUT2D eigenvalue weighted by molar-refractivity contribution is 5.91. The van der Waals surface area contributed by atoms with Crippen molar-refractivity contribution in [2.24, 2.45) is 0 Å². The number of ether oxygens (including phenoxy) is 3. The van der Waals surface area contributed by atoms with Gasteiger partial charge in [-0.2, -0.15) is 0 Å². The van der Waals surface area contributed by atoms with Crippen LogP contribution in [0.2, 0.25) is 0 Å². The molecule has 4 rings (SSSR count). The van der Waals surface area contributed by atoms with Gasteiger partial charge >= 0.3 is 0 Å². The van der Waals surface area contributed by atoms with Crippen LogP contribution in [-0.2, 0) is 4.74 Å². The number of nitrogens with two attached hydrogens (primary N) is 1. The first kappa shape index (κ1) is 17.5. The van der Waals surface area contributed by atoms with Crippen LogP contribution < -0.4 is 15.2 Å². The number of aromatic nitrogens is 3. The quantitative estimate of drug-likeness (QED) is 0.758. The predicted octanol–water partition coefficient (Wildman–Crippen LogP) is 3.15. The second-order valence-corrected chi connectivity index (χ2v) is 6.56. The summed E-state index contributed by atoms with van der Waals surface area (Å²) in [5.74, 6) is 1.53. The zero-order valence-corrected chi connectivity index (χ0v) is 15.4. The number of nitrogens with zero attached hydrogens (tertiary/aromatic N) is 3. The van der Waals surface area contributed by atoms with E-state index in [4.69, 9.17) is 19.9 Å². The van der Waals surface area contributed by atoms with Crippen LogP contribution in [0, 0.1) is 6.92 Å². The van der Waals surface area contributed by atoms with E-state index in [-0.39, 0.29) is 12.1 Å². The number of anilines is 1. The van der Waals surface area contributed by atoms with Gasteiger partial charge in [-0.25, -0.2) is 15.0 Å². The van der Waals surface area contributed by atoms with Crippen LogP contribution in [0.4, 0.5) is 5.95 Å². The fraction of sp³-hybridized carbons (Fsp3) is 0.350. The van der Waals surface area contributed by atoms with Gasteiger partial charge in [-0.05, 0) is 30.7 Å². The molecule has 0 radical (unpaired) electrons. The zero-order valence-electron chi connectivity index (χ0n) is 15.4. The van der Waals surface area contributed by atoms with E-state index in [1.54, 1.807) is 13.3 Å². The minimum Gasteiger partial charge on any atom is -0.488 e. The fourth-order valence-electron chi connectivity index (χ4n) is 3.27. The minimum atomic E-state index is 0.0997. The first-order valence-electron chi connectivity index (χ1n) is 8.97. The van der Waals surface area contributed by atoms with Gasteiger partial charge < -0.3 is 19.9 Å². The monoisotopic (exact) mass is 366 g/mol. The number of nitrogen functional groups attached to an aromatic ring is 1. The summed E-state index contributed by atoms with van der Waals surface area (Å²) >= 11 is 0. The molecule has 2 N–H and O–H groups in total. The molecule has 7 nitrogen and oxygen atoms in total. The Bertz CT molecular complexity index is 954. The summed E-state index contributed by atoms with van der Waals surface area (Å²) in [4.78, 5) is 13.1. The van der Waals surface area contributed by atoms with E-state index in [0.717, 1.165) is 40.6 Å². The molecule has 1 aliphatic rings. The Morgan fingerprint density at radius 2 is 1.93 bits per heavy atom. The van der Waals surface area contributed by atoms with E-state index < -0.39 is 0 Å². The summed E-state index contributed by atoms with van der Waals surface area (Å²) in [6.07, 6.45) is 3.60. The van der Waals surface area contributed by atoms with Crippen LogP contribution in [0.15, 0.2) is 30.5 Å². The molecule has 0 aliphatic carbocycles. The lowest BCUT2D eigenvalue weighted by molar-refractivity contribution is 0.0261. The number of hydrogen-bond donors (Lipinski definition) is 1. The van der Waals surface area contributed by atoms with Gasteiger partial charge in [-0.1, -0.05) is 0 Å². The second kappa shape index (κ2) is 7.36. The van der Waals surface area contributed by atoms with Gasteiger partial charge in [-0.3, -0.25) is 0 Å². The number of methoxy groups -OCH3 is 1. The standard InChI is InChI=1S/C20H22N4O3/c1-12-16-9-14(13-3-4-18(25-2)22-11-13)10-17(19(16)24-20(21)23-12)27-15-5-7-26-8-6-15/h3-4,9-11,15H,5-8H2,1-2H3,(H2,21,23,24). The van der Waals surface area contributed by atoms with Crippen LogP contribution in [0.5, 0.6) is 11.6 Å². The normalized spacial score (nSPS) is 15.0. The zero-order chi connectivity index (χ0) is 18.8. The Morgan fingerprint density at radius 1 is 1.11 bits per heavy atom. The molecule has 27 heavy (non-hydrogen) atoms. The first-order chi connectivity index (χ1) is 13.1. The number of fused-ring (bicyclic) bond motifs is 1. The highest BCUT2D eigenvalue weighted by atomic mass is 16.5. The van der Waals surface area contributed by atoms with Crippen molar-refractivity contribution in [1.82, 2.24) is 15.0 Å². The third-order valence-electron chi connectivity index (χ3n) is 4.71. The first-order valence-corrected chi connectivity index (χ1v) is 8.97. The van der Waals surface area contributed by atoms with E-state index in [2.05, 4.69) is 15.0 Å². The molecule has 3 heterocycles. The summed E-state index contributed by atoms with van der Waals surface area (Å²) < 4.78 is 16.9. The highest BCUT2D eigenvalue weighted by Crippen LogP contribution is 2.34. The molecule has 0 bridgehead atoms. The molecule has 1 fully saturated rings. The lowest BCUT2D eigenvalue weighted by Crippen LogP contribution is -2.26. The number of aryl methyl sites for hydroxylation is 1. The lowest BCUT2D eigenvalue weighted by atomic mass is 10.0. The Hall–Kier alpha value is -2.93. The summed E-state index contributed by atoms with van der Waals surface area (Å²) in [5, 5.41) is 0.916.